The predicted molar refractivity (Wildman–Crippen MR) is 110 cm³/mol. The third-order valence-electron chi connectivity index (χ3n) is 4.26. The van der Waals surface area contributed by atoms with E-state index in [0.717, 1.165) is 0 Å². The van der Waals surface area contributed by atoms with E-state index in [1.54, 1.807) is 42.7 Å². The van der Waals surface area contributed by atoms with Gasteiger partial charge in [0.2, 0.25) is 0 Å². The van der Waals surface area contributed by atoms with Crippen molar-refractivity contribution in [1.82, 2.24) is 20.6 Å². The Morgan fingerprint density at radius 2 is 1.62 bits per heavy atom. The van der Waals surface area contributed by atoms with Crippen LogP contribution in [0.4, 0.5) is 0 Å². The lowest BCUT2D eigenvalue weighted by atomic mass is 10.1. The lowest BCUT2D eigenvalue weighted by molar-refractivity contribution is 0.0843. The van der Waals surface area contributed by atoms with Gasteiger partial charge in [0.05, 0.1) is 5.39 Å². The summed E-state index contributed by atoms with van der Waals surface area (Å²) in [4.78, 5) is 38.0. The Hall–Kier alpha value is -3.33. The summed E-state index contributed by atoms with van der Waals surface area (Å²) < 4.78 is 12.7. The van der Waals surface area contributed by atoms with Gasteiger partial charge in [-0.2, -0.15) is 5.10 Å². The SMILES string of the molecule is CCCn1nc(C(=O)NNC(=O)c2ccc(S(C)=O)cc2)c2ccccc2c1=O. The van der Waals surface area contributed by atoms with Gasteiger partial charge in [-0.05, 0) is 36.8 Å². The fourth-order valence-corrected chi connectivity index (χ4v) is 3.33. The third kappa shape index (κ3) is 4.40. The highest BCUT2D eigenvalue weighted by Gasteiger charge is 2.17. The van der Waals surface area contributed by atoms with Gasteiger partial charge in [-0.1, -0.05) is 25.1 Å². The molecule has 0 saturated carbocycles. The van der Waals surface area contributed by atoms with Crippen LogP contribution in [0.25, 0.3) is 10.8 Å². The van der Waals surface area contributed by atoms with E-state index in [0.29, 0.717) is 34.2 Å². The zero-order valence-corrected chi connectivity index (χ0v) is 16.8. The quantitative estimate of drug-likeness (QED) is 0.619. The number of amides is 2. The first-order valence-electron chi connectivity index (χ1n) is 8.96. The molecular weight excluding hydrogens is 392 g/mol. The highest BCUT2D eigenvalue weighted by Crippen LogP contribution is 2.13. The van der Waals surface area contributed by atoms with Crippen molar-refractivity contribution in [3.63, 3.8) is 0 Å². The van der Waals surface area contributed by atoms with Crippen molar-refractivity contribution in [3.8, 4) is 0 Å². The van der Waals surface area contributed by atoms with Crippen LogP contribution in [0.5, 0.6) is 0 Å². The molecule has 29 heavy (non-hydrogen) atoms. The molecule has 2 aromatic carbocycles. The number of aromatic nitrogens is 2. The largest absolute Gasteiger partial charge is 0.290 e. The maximum Gasteiger partial charge on any atom is 0.290 e. The maximum absolute atomic E-state index is 12.7. The Morgan fingerprint density at radius 1 is 1.00 bits per heavy atom. The van der Waals surface area contributed by atoms with Gasteiger partial charge in [0.15, 0.2) is 5.69 Å². The summed E-state index contributed by atoms with van der Waals surface area (Å²) in [5.74, 6) is -1.16. The summed E-state index contributed by atoms with van der Waals surface area (Å²) in [6, 6.07) is 12.9. The summed E-state index contributed by atoms with van der Waals surface area (Å²) in [6.45, 7) is 2.28. The van der Waals surface area contributed by atoms with Crippen LogP contribution in [0.3, 0.4) is 0 Å². The first-order chi connectivity index (χ1) is 13.9. The van der Waals surface area contributed by atoms with Crippen molar-refractivity contribution in [3.05, 3.63) is 70.1 Å². The third-order valence-corrected chi connectivity index (χ3v) is 5.19. The van der Waals surface area contributed by atoms with Gasteiger partial charge < -0.3 is 0 Å². The maximum atomic E-state index is 12.7. The number of fused-ring (bicyclic) bond motifs is 1. The fourth-order valence-electron chi connectivity index (χ4n) is 2.81. The van der Waals surface area contributed by atoms with Crippen LogP contribution < -0.4 is 16.4 Å². The van der Waals surface area contributed by atoms with Gasteiger partial charge in [0, 0.05) is 39.4 Å². The van der Waals surface area contributed by atoms with E-state index in [1.165, 1.54) is 16.8 Å². The van der Waals surface area contributed by atoms with Crippen LogP contribution in [-0.2, 0) is 17.3 Å². The number of hydrogen-bond donors (Lipinski definition) is 2. The molecule has 2 N–H and O–H groups in total. The number of rotatable bonds is 5. The standard InChI is InChI=1S/C20H20N4O4S/c1-3-12-24-20(27)16-7-5-4-6-15(16)17(23-24)19(26)22-21-18(25)13-8-10-14(11-9-13)29(2)28/h4-11H,3,12H2,1-2H3,(H,21,25)(H,22,26). The second-order valence-electron chi connectivity index (χ2n) is 6.31. The molecule has 3 rings (SSSR count). The molecule has 0 fully saturated rings. The molecule has 0 aliphatic rings. The molecule has 0 saturated heterocycles. The zero-order chi connectivity index (χ0) is 21.0. The second kappa shape index (κ2) is 8.78. The second-order valence-corrected chi connectivity index (χ2v) is 7.69. The zero-order valence-electron chi connectivity index (χ0n) is 16.0. The summed E-state index contributed by atoms with van der Waals surface area (Å²) in [7, 11) is -1.14. The summed E-state index contributed by atoms with van der Waals surface area (Å²) in [6.07, 6.45) is 2.23. The molecule has 1 aromatic heterocycles. The van der Waals surface area contributed by atoms with E-state index >= 15 is 0 Å². The van der Waals surface area contributed by atoms with E-state index in [2.05, 4.69) is 16.0 Å². The number of benzene rings is 2. The minimum Gasteiger partial charge on any atom is -0.267 e. The molecule has 9 heteroatoms. The Bertz CT molecular complexity index is 1160. The number of hydrazine groups is 1. The van der Waals surface area contributed by atoms with Gasteiger partial charge >= 0.3 is 0 Å². The van der Waals surface area contributed by atoms with Crippen molar-refractivity contribution in [2.45, 2.75) is 24.8 Å². The number of carbonyl (C=O) groups is 2. The van der Waals surface area contributed by atoms with E-state index in [1.807, 2.05) is 6.92 Å². The lowest BCUT2D eigenvalue weighted by Crippen LogP contribution is -2.42. The smallest absolute Gasteiger partial charge is 0.267 e. The van der Waals surface area contributed by atoms with Crippen molar-refractivity contribution in [1.29, 1.82) is 0 Å². The Balaban J connectivity index is 1.82. The Kier molecular flexibility index (Phi) is 6.18. The average Bonchev–Trinajstić information content (AvgIpc) is 2.74. The molecular formula is C20H20N4O4S. The van der Waals surface area contributed by atoms with Gasteiger partial charge in [0.1, 0.15) is 0 Å². The van der Waals surface area contributed by atoms with Crippen LogP contribution in [0, 0.1) is 0 Å². The van der Waals surface area contributed by atoms with Gasteiger partial charge in [-0.25, -0.2) is 4.68 Å². The normalized spacial score (nSPS) is 11.8. The Labute approximate surface area is 169 Å². The summed E-state index contributed by atoms with van der Waals surface area (Å²) >= 11 is 0. The monoisotopic (exact) mass is 412 g/mol. The minimum absolute atomic E-state index is 0.0469. The van der Waals surface area contributed by atoms with E-state index in [4.69, 9.17) is 0 Å². The molecule has 1 unspecified atom stereocenters. The molecule has 150 valence electrons. The Morgan fingerprint density at radius 3 is 2.24 bits per heavy atom. The van der Waals surface area contributed by atoms with Gasteiger partial charge in [0.25, 0.3) is 17.4 Å². The van der Waals surface area contributed by atoms with Crippen molar-refractivity contribution in [2.75, 3.05) is 6.26 Å². The summed E-state index contributed by atoms with van der Waals surface area (Å²) in [5, 5.41) is 4.97. The molecule has 0 spiro atoms. The molecule has 8 nitrogen and oxygen atoms in total. The van der Waals surface area contributed by atoms with E-state index in [9.17, 15) is 18.6 Å². The number of aryl methyl sites for hydroxylation is 1. The topological polar surface area (TPSA) is 110 Å². The molecule has 0 aliphatic heterocycles. The van der Waals surface area contributed by atoms with Gasteiger partial charge in [-0.15, -0.1) is 0 Å². The van der Waals surface area contributed by atoms with Crippen LogP contribution >= 0.6 is 0 Å². The number of hydrogen-bond acceptors (Lipinski definition) is 5. The summed E-state index contributed by atoms with van der Waals surface area (Å²) in [5.41, 5.74) is 4.75. The predicted octanol–water partition coefficient (Wildman–Crippen LogP) is 1.62. The average molecular weight is 412 g/mol. The molecule has 1 atom stereocenters. The molecule has 1 heterocycles. The van der Waals surface area contributed by atoms with Gasteiger partial charge in [-0.3, -0.25) is 29.4 Å². The number of nitrogens with zero attached hydrogens (tertiary/aromatic N) is 2. The van der Waals surface area contributed by atoms with Crippen molar-refractivity contribution < 1.29 is 13.8 Å². The van der Waals surface area contributed by atoms with Crippen LogP contribution in [0.15, 0.2) is 58.2 Å². The van der Waals surface area contributed by atoms with E-state index < -0.39 is 22.6 Å². The molecule has 0 aliphatic carbocycles. The number of nitrogens with one attached hydrogen (secondary N) is 2. The van der Waals surface area contributed by atoms with Crippen LogP contribution in [0.2, 0.25) is 0 Å². The molecule has 0 radical (unpaired) electrons. The highest BCUT2D eigenvalue weighted by molar-refractivity contribution is 7.84. The molecule has 3 aromatic rings. The number of carbonyl (C=O) groups excluding carboxylic acids is 2. The van der Waals surface area contributed by atoms with Crippen molar-refractivity contribution >= 4 is 33.4 Å². The molecule has 0 bridgehead atoms. The fraction of sp³-hybridized carbons (Fsp3) is 0.200. The minimum atomic E-state index is -1.14. The first-order valence-corrected chi connectivity index (χ1v) is 10.5. The van der Waals surface area contributed by atoms with Crippen molar-refractivity contribution in [2.24, 2.45) is 0 Å². The first kappa shape index (κ1) is 20.4. The van der Waals surface area contributed by atoms with Crippen LogP contribution in [-0.4, -0.2) is 32.1 Å². The van der Waals surface area contributed by atoms with E-state index in [-0.39, 0.29) is 11.3 Å². The lowest BCUT2D eigenvalue weighted by Gasteiger charge is -2.11. The van der Waals surface area contributed by atoms with Crippen LogP contribution in [0.1, 0.15) is 34.2 Å². The highest BCUT2D eigenvalue weighted by atomic mass is 32.2. The molecule has 2 amide bonds.